The molecular weight excluding hydrogens is 164 g/mol. The lowest BCUT2D eigenvalue weighted by molar-refractivity contribution is -0.137. The number of halogens is 1. The first kappa shape index (κ1) is 9.01. The van der Waals surface area contributed by atoms with Crippen LogP contribution in [0.1, 0.15) is 25.7 Å². The molecule has 64 valence electrons. The van der Waals surface area contributed by atoms with E-state index in [2.05, 4.69) is 0 Å². The molecule has 0 amide bonds. The number of aldehydes is 1. The number of alkyl halides is 1. The minimum absolute atomic E-state index is 0.499. The number of carbonyl (C=O) groups excluding carboxylic acids is 1. The first-order chi connectivity index (χ1) is 5.33. The maximum Gasteiger partial charge on any atom is 0.151 e. The fourth-order valence-electron chi connectivity index (χ4n) is 1.38. The van der Waals surface area contributed by atoms with Crippen LogP contribution in [0.25, 0.3) is 0 Å². The molecule has 1 atom stereocenters. The van der Waals surface area contributed by atoms with Crippen LogP contribution in [0.4, 0.5) is 0 Å². The number of rotatable bonds is 3. The normalized spacial score (nSPS) is 31.7. The second-order valence-corrected chi connectivity index (χ2v) is 3.31. The fraction of sp³-hybridized carbons (Fsp3) is 0.875. The van der Waals surface area contributed by atoms with Crippen molar-refractivity contribution in [2.24, 2.45) is 0 Å². The average Bonchev–Trinajstić information content (AvgIpc) is 2.07. The molecule has 1 fully saturated rings. The predicted octanol–water partition coefficient (Wildman–Crippen LogP) is 1.75. The average molecular weight is 177 g/mol. The third kappa shape index (κ3) is 2.17. The summed E-state index contributed by atoms with van der Waals surface area (Å²) in [4.78, 5) is 10.7. The maximum atomic E-state index is 10.7. The van der Waals surface area contributed by atoms with E-state index >= 15 is 0 Å². The van der Waals surface area contributed by atoms with Crippen LogP contribution in [-0.2, 0) is 9.53 Å². The van der Waals surface area contributed by atoms with Crippen molar-refractivity contribution in [3.05, 3.63) is 0 Å². The summed E-state index contributed by atoms with van der Waals surface area (Å²) in [5, 5.41) is 0. The zero-order valence-corrected chi connectivity index (χ0v) is 7.27. The van der Waals surface area contributed by atoms with Crippen molar-refractivity contribution >= 4 is 17.9 Å². The van der Waals surface area contributed by atoms with Gasteiger partial charge in [-0.05, 0) is 25.7 Å². The molecular formula is C8H13ClO2. The molecule has 3 heteroatoms. The van der Waals surface area contributed by atoms with Gasteiger partial charge in [0.1, 0.15) is 5.60 Å². The Balaban J connectivity index is 2.49. The smallest absolute Gasteiger partial charge is 0.151 e. The van der Waals surface area contributed by atoms with Crippen LogP contribution >= 0.6 is 11.6 Å². The van der Waals surface area contributed by atoms with Crippen molar-refractivity contribution in [3.63, 3.8) is 0 Å². The molecule has 11 heavy (non-hydrogen) atoms. The Hall–Kier alpha value is -0.0800. The molecule has 0 spiro atoms. The highest BCUT2D eigenvalue weighted by molar-refractivity contribution is 6.18. The van der Waals surface area contributed by atoms with Gasteiger partial charge in [0.2, 0.25) is 0 Å². The van der Waals surface area contributed by atoms with E-state index in [0.717, 1.165) is 25.5 Å². The van der Waals surface area contributed by atoms with Crippen molar-refractivity contribution in [2.75, 3.05) is 12.5 Å². The second kappa shape index (κ2) is 4.07. The van der Waals surface area contributed by atoms with Crippen molar-refractivity contribution < 1.29 is 9.53 Å². The van der Waals surface area contributed by atoms with Crippen LogP contribution < -0.4 is 0 Å². The summed E-state index contributed by atoms with van der Waals surface area (Å²) in [6.45, 7) is 0.704. The van der Waals surface area contributed by atoms with Gasteiger partial charge in [-0.1, -0.05) is 0 Å². The summed E-state index contributed by atoms with van der Waals surface area (Å²) in [5.74, 6) is 0.499. The number of hydrogen-bond acceptors (Lipinski definition) is 2. The molecule has 0 aromatic rings. The Labute approximate surface area is 71.9 Å². The lowest BCUT2D eigenvalue weighted by Crippen LogP contribution is -2.38. The zero-order valence-electron chi connectivity index (χ0n) is 6.51. The SMILES string of the molecule is O=CC1(CCCl)CCCCO1. The van der Waals surface area contributed by atoms with Crippen LogP contribution in [0.5, 0.6) is 0 Å². The molecule has 1 heterocycles. The van der Waals surface area contributed by atoms with E-state index in [0.29, 0.717) is 18.9 Å². The Bertz CT molecular complexity index is 125. The molecule has 0 aromatic carbocycles. The topological polar surface area (TPSA) is 26.3 Å². The minimum atomic E-state index is -0.542. The molecule has 0 bridgehead atoms. The van der Waals surface area contributed by atoms with Gasteiger partial charge < -0.3 is 9.53 Å². The van der Waals surface area contributed by atoms with Crippen molar-refractivity contribution in [2.45, 2.75) is 31.3 Å². The molecule has 1 aliphatic rings. The summed E-state index contributed by atoms with van der Waals surface area (Å²) < 4.78 is 5.40. The molecule has 0 N–H and O–H groups in total. The number of hydrogen-bond donors (Lipinski definition) is 0. The van der Waals surface area contributed by atoms with Gasteiger partial charge >= 0.3 is 0 Å². The largest absolute Gasteiger partial charge is 0.367 e. The third-order valence-corrected chi connectivity index (χ3v) is 2.31. The maximum absolute atomic E-state index is 10.7. The van der Waals surface area contributed by atoms with Crippen LogP contribution in [0, 0.1) is 0 Å². The summed E-state index contributed by atoms with van der Waals surface area (Å²) in [6, 6.07) is 0. The van der Waals surface area contributed by atoms with Gasteiger partial charge in [-0.25, -0.2) is 0 Å². The van der Waals surface area contributed by atoms with Gasteiger partial charge in [0.25, 0.3) is 0 Å². The molecule has 1 unspecified atom stereocenters. The Kier molecular flexibility index (Phi) is 3.34. The first-order valence-corrected chi connectivity index (χ1v) is 4.53. The van der Waals surface area contributed by atoms with Crippen molar-refractivity contribution in [1.82, 2.24) is 0 Å². The standard InChI is InChI=1S/C8H13ClO2/c9-5-4-8(7-10)3-1-2-6-11-8/h7H,1-6H2. The van der Waals surface area contributed by atoms with E-state index in [4.69, 9.17) is 16.3 Å². The molecule has 1 aliphatic heterocycles. The van der Waals surface area contributed by atoms with E-state index in [1.165, 1.54) is 0 Å². The van der Waals surface area contributed by atoms with Gasteiger partial charge in [0.15, 0.2) is 6.29 Å². The van der Waals surface area contributed by atoms with E-state index in [1.54, 1.807) is 0 Å². The van der Waals surface area contributed by atoms with Crippen molar-refractivity contribution in [1.29, 1.82) is 0 Å². The number of ether oxygens (including phenoxy) is 1. The van der Waals surface area contributed by atoms with Crippen LogP contribution in [0.15, 0.2) is 0 Å². The van der Waals surface area contributed by atoms with Gasteiger partial charge in [-0.15, -0.1) is 11.6 Å². The lowest BCUT2D eigenvalue weighted by atomic mass is 9.93. The molecule has 1 saturated heterocycles. The van der Waals surface area contributed by atoms with Crippen molar-refractivity contribution in [3.8, 4) is 0 Å². The summed E-state index contributed by atoms with van der Waals surface area (Å²) in [5.41, 5.74) is -0.542. The Morgan fingerprint density at radius 2 is 2.36 bits per heavy atom. The van der Waals surface area contributed by atoms with Crippen LogP contribution in [-0.4, -0.2) is 24.4 Å². The second-order valence-electron chi connectivity index (χ2n) is 2.93. The van der Waals surface area contributed by atoms with Gasteiger partial charge in [-0.3, -0.25) is 0 Å². The van der Waals surface area contributed by atoms with E-state index in [1.807, 2.05) is 0 Å². The molecule has 2 nitrogen and oxygen atoms in total. The monoisotopic (exact) mass is 176 g/mol. The predicted molar refractivity (Wildman–Crippen MR) is 43.9 cm³/mol. The highest BCUT2D eigenvalue weighted by atomic mass is 35.5. The Morgan fingerprint density at radius 1 is 1.55 bits per heavy atom. The zero-order chi connectivity index (χ0) is 8.16. The quantitative estimate of drug-likeness (QED) is 0.484. The molecule has 1 rings (SSSR count). The first-order valence-electron chi connectivity index (χ1n) is 3.99. The van der Waals surface area contributed by atoms with Gasteiger partial charge in [-0.2, -0.15) is 0 Å². The fourth-order valence-corrected chi connectivity index (χ4v) is 1.70. The number of carbonyl (C=O) groups is 1. The van der Waals surface area contributed by atoms with Gasteiger partial charge in [0, 0.05) is 12.5 Å². The highest BCUT2D eigenvalue weighted by Crippen LogP contribution is 2.26. The molecule has 0 saturated carbocycles. The van der Waals surface area contributed by atoms with E-state index < -0.39 is 5.60 Å². The van der Waals surface area contributed by atoms with Crippen LogP contribution in [0.2, 0.25) is 0 Å². The molecule has 0 radical (unpaired) electrons. The Morgan fingerprint density at radius 3 is 2.82 bits per heavy atom. The minimum Gasteiger partial charge on any atom is -0.367 e. The molecule has 0 aromatic heterocycles. The van der Waals surface area contributed by atoms with E-state index in [9.17, 15) is 4.79 Å². The third-order valence-electron chi connectivity index (χ3n) is 2.12. The summed E-state index contributed by atoms with van der Waals surface area (Å²) in [7, 11) is 0. The van der Waals surface area contributed by atoms with Crippen LogP contribution in [0.3, 0.4) is 0 Å². The lowest BCUT2D eigenvalue weighted by Gasteiger charge is -2.31. The summed E-state index contributed by atoms with van der Waals surface area (Å²) in [6.07, 6.45) is 4.54. The summed E-state index contributed by atoms with van der Waals surface area (Å²) >= 11 is 5.56. The van der Waals surface area contributed by atoms with Gasteiger partial charge in [0.05, 0.1) is 0 Å². The highest BCUT2D eigenvalue weighted by Gasteiger charge is 2.31. The molecule has 0 aliphatic carbocycles. The van der Waals surface area contributed by atoms with E-state index in [-0.39, 0.29) is 0 Å².